The van der Waals surface area contributed by atoms with E-state index in [4.69, 9.17) is 0 Å². The van der Waals surface area contributed by atoms with Gasteiger partial charge in [0.25, 0.3) is 0 Å². The van der Waals surface area contributed by atoms with Crippen LogP contribution in [-0.2, 0) is 0 Å². The lowest BCUT2D eigenvalue weighted by atomic mass is 10.1. The highest BCUT2D eigenvalue weighted by atomic mass is 80.0. The largest absolute Gasteiger partial charge is 0.161 e. The van der Waals surface area contributed by atoms with Crippen LogP contribution in [0.2, 0.25) is 0 Å². The van der Waals surface area contributed by atoms with Crippen molar-refractivity contribution in [3.05, 3.63) is 4.83 Å². The van der Waals surface area contributed by atoms with Crippen LogP contribution in [0.25, 0.3) is 0 Å². The van der Waals surface area contributed by atoms with Crippen molar-refractivity contribution in [2.45, 2.75) is 14.0 Å². The van der Waals surface area contributed by atoms with Crippen molar-refractivity contribution in [1.29, 1.82) is 0 Å². The summed E-state index contributed by atoms with van der Waals surface area (Å²) >= 11 is 46.5. The molecule has 0 aliphatic carbocycles. The van der Waals surface area contributed by atoms with Gasteiger partial charge in [-0.1, -0.05) is 207 Å². The maximum absolute atomic E-state index is 3.77. The number of rotatable bonds is 2. The molecule has 0 aliphatic rings. The minimum Gasteiger partial charge on any atom is -0.0784 e. The number of hydrogen-bond donors (Lipinski definition) is 0. The van der Waals surface area contributed by atoms with E-state index in [1.54, 1.807) is 0 Å². The molecule has 115 valence electrons. The van der Waals surface area contributed by atoms with E-state index < -0.39 is 14.0 Å². The van der Waals surface area contributed by atoms with E-state index in [0.717, 1.165) is 4.83 Å². The lowest BCUT2D eigenvalue weighted by Crippen LogP contribution is -2.60. The van der Waals surface area contributed by atoms with Gasteiger partial charge in [-0.15, -0.1) is 0 Å². The summed E-state index contributed by atoms with van der Waals surface area (Å²) in [5, 5.41) is 0. The molecule has 1 unspecified atom stereocenters. The Balaban J connectivity index is 6.14. The third-order valence-electron chi connectivity index (χ3n) is 1.73. The molecule has 1 radical (unpaired) electrons. The first kappa shape index (κ1) is 25.2. The van der Waals surface area contributed by atoms with Gasteiger partial charge in [-0.25, -0.2) is 0 Å². The normalized spacial score (nSPS) is 18.6. The lowest BCUT2D eigenvalue weighted by Gasteiger charge is -2.52. The monoisotopic (exact) mass is 1100 g/mol. The SMILES string of the molecule is Br[C](C(Br)(Br)Br)C(Br)(C(Br)(Br)Br)C(Br)(Br)C(Br)(Br)Br. The molecule has 19 heavy (non-hydrogen) atoms. The van der Waals surface area contributed by atoms with Crippen molar-refractivity contribution < 1.29 is 0 Å². The zero-order valence-corrected chi connectivity index (χ0v) is 28.5. The second kappa shape index (κ2) is 8.50. The maximum atomic E-state index is 3.77. The van der Waals surface area contributed by atoms with Crippen LogP contribution in [0.3, 0.4) is 0 Å². The summed E-state index contributed by atoms with van der Waals surface area (Å²) in [6, 6.07) is 0. The quantitative estimate of drug-likeness (QED) is 0.242. The molecule has 0 saturated carbocycles. The molecule has 0 nitrogen and oxygen atoms in total. The van der Waals surface area contributed by atoms with Crippen LogP contribution in [0, 0.1) is 4.83 Å². The predicted molar refractivity (Wildman–Crippen MR) is 133 cm³/mol. The first-order chi connectivity index (χ1) is 7.90. The highest BCUT2D eigenvalue weighted by Crippen LogP contribution is 2.73. The lowest BCUT2D eigenvalue weighted by molar-refractivity contribution is 0.672. The fourth-order valence-corrected chi connectivity index (χ4v) is 10.8. The van der Waals surface area contributed by atoms with Crippen LogP contribution < -0.4 is 0 Å². The molecule has 0 heterocycles. The summed E-state index contributed by atoms with van der Waals surface area (Å²) < 4.78 is -3.65. The zero-order valence-electron chi connectivity index (χ0n) is 7.91. The van der Waals surface area contributed by atoms with Gasteiger partial charge >= 0.3 is 0 Å². The van der Waals surface area contributed by atoms with Gasteiger partial charge in [0.15, 0.2) is 6.43 Å². The summed E-state index contributed by atoms with van der Waals surface area (Å²) in [5.41, 5.74) is 0. The van der Waals surface area contributed by atoms with E-state index in [1.807, 2.05) is 0 Å². The van der Waals surface area contributed by atoms with Crippen LogP contribution in [0.5, 0.6) is 0 Å². The Labute approximate surface area is 221 Å². The third kappa shape index (κ3) is 5.86. The van der Waals surface area contributed by atoms with Crippen LogP contribution in [0.4, 0.5) is 0 Å². The van der Waals surface area contributed by atoms with Gasteiger partial charge in [-0.05, 0) is 0 Å². The average molecular weight is 1110 g/mol. The maximum Gasteiger partial charge on any atom is 0.161 e. The molecule has 1 atom stereocenters. The summed E-state index contributed by atoms with van der Waals surface area (Å²) in [7, 11) is 0. The fraction of sp³-hybridized carbons (Fsp3) is 0.833. The number of halogens is 13. The predicted octanol–water partition coefficient (Wildman–Crippen LogP) is 10.0. The van der Waals surface area contributed by atoms with Crippen molar-refractivity contribution >= 4 is 207 Å². The summed E-state index contributed by atoms with van der Waals surface area (Å²) in [4.78, 5) is 0.773. The molecule has 0 aromatic carbocycles. The summed E-state index contributed by atoms with van der Waals surface area (Å²) in [6.07, 6.45) is 0. The Hall–Kier alpha value is 6.24. The number of alkyl halides is 12. The van der Waals surface area contributed by atoms with Gasteiger partial charge < -0.3 is 0 Å². The van der Waals surface area contributed by atoms with Crippen LogP contribution >= 0.6 is 207 Å². The van der Waals surface area contributed by atoms with Crippen molar-refractivity contribution in [3.8, 4) is 0 Å². The smallest absolute Gasteiger partial charge is 0.0784 e. The van der Waals surface area contributed by atoms with Crippen LogP contribution in [-0.4, -0.2) is 14.0 Å². The van der Waals surface area contributed by atoms with Crippen molar-refractivity contribution in [2.75, 3.05) is 0 Å². The topological polar surface area (TPSA) is 0 Å². The van der Waals surface area contributed by atoms with Crippen LogP contribution in [0.1, 0.15) is 0 Å². The zero-order chi connectivity index (χ0) is 16.1. The second-order valence-corrected chi connectivity index (χ2v) is 28.7. The number of hydrogen-bond acceptors (Lipinski definition) is 0. The molecule has 0 N–H and O–H groups in total. The average Bonchev–Trinajstić information content (AvgIpc) is 2.09. The molecule has 13 heteroatoms. The second-order valence-electron chi connectivity index (χ2n) is 3.04. The Kier molecular flexibility index (Phi) is 11.3. The van der Waals surface area contributed by atoms with Gasteiger partial charge in [0, 0.05) is 0 Å². The third-order valence-corrected chi connectivity index (χ3v) is 19.6. The summed E-state index contributed by atoms with van der Waals surface area (Å²) in [5.74, 6) is 0. The van der Waals surface area contributed by atoms with E-state index in [2.05, 4.69) is 207 Å². The van der Waals surface area contributed by atoms with Gasteiger partial charge in [-0.2, -0.15) is 0 Å². The van der Waals surface area contributed by atoms with Crippen molar-refractivity contribution in [3.63, 3.8) is 0 Å². The molecule has 0 amide bonds. The van der Waals surface area contributed by atoms with E-state index in [0.29, 0.717) is 0 Å². The Morgan fingerprint density at radius 2 is 0.842 bits per heavy atom. The fourth-order valence-electron chi connectivity index (χ4n) is 0.831. The van der Waals surface area contributed by atoms with Gasteiger partial charge in [0.2, 0.25) is 0 Å². The molecule has 0 bridgehead atoms. The first-order valence-corrected chi connectivity index (χ1v) is 14.0. The molecule has 0 rings (SSSR count). The van der Waals surface area contributed by atoms with Gasteiger partial charge in [0.1, 0.15) is 12.4 Å². The first-order valence-electron chi connectivity index (χ1n) is 3.71. The molecule has 0 fully saturated rings. The Morgan fingerprint density at radius 3 is 1.00 bits per heavy atom. The molecule has 0 aromatic heterocycles. The minimum atomic E-state index is -0.792. The highest BCUT2D eigenvalue weighted by Gasteiger charge is 2.70. The van der Waals surface area contributed by atoms with Gasteiger partial charge in [0.05, 0.1) is 0 Å². The van der Waals surface area contributed by atoms with Crippen molar-refractivity contribution in [2.24, 2.45) is 0 Å². The standard InChI is InChI=1S/C6Br13/c7-1(3(9,10)11)2(8,5(14,15)16)4(12,13)6(17,18)19. The van der Waals surface area contributed by atoms with Gasteiger partial charge in [-0.3, -0.25) is 0 Å². The van der Waals surface area contributed by atoms with E-state index in [-0.39, 0.29) is 0 Å². The van der Waals surface area contributed by atoms with E-state index >= 15 is 0 Å². The minimum absolute atomic E-state index is 0.665. The Bertz CT molecular complexity index is 317. The summed E-state index contributed by atoms with van der Waals surface area (Å²) in [6.45, 7) is 0. The molecule has 0 aromatic rings. The van der Waals surface area contributed by atoms with Crippen molar-refractivity contribution in [1.82, 2.24) is 0 Å². The molecular formula is C6Br13. The Morgan fingerprint density at radius 1 is 0.526 bits per heavy atom. The van der Waals surface area contributed by atoms with Crippen LogP contribution in [0.15, 0.2) is 0 Å². The highest BCUT2D eigenvalue weighted by molar-refractivity contribution is 9.42. The molecule has 0 aliphatic heterocycles. The van der Waals surface area contributed by atoms with E-state index in [9.17, 15) is 0 Å². The molecule has 0 spiro atoms. The molecule has 0 saturated heterocycles. The molecular weight excluding hydrogens is 1110 g/mol. The van der Waals surface area contributed by atoms with E-state index in [1.165, 1.54) is 0 Å².